The number of nitrogens with zero attached hydrogens (tertiary/aromatic N) is 2. The summed E-state index contributed by atoms with van der Waals surface area (Å²) in [5, 5.41) is 39.0. The predicted molar refractivity (Wildman–Crippen MR) is 159 cm³/mol. The molecule has 7 nitrogen and oxygen atoms in total. The molecule has 0 saturated heterocycles. The van der Waals surface area contributed by atoms with E-state index in [-0.39, 0.29) is 38.4 Å². The van der Waals surface area contributed by atoms with E-state index in [2.05, 4.69) is 79.2 Å². The summed E-state index contributed by atoms with van der Waals surface area (Å²) in [6, 6.07) is 8.87. The largest absolute Gasteiger partial charge is 0.397 e. The van der Waals surface area contributed by atoms with Crippen molar-refractivity contribution in [3.63, 3.8) is 0 Å². The Bertz CT molecular complexity index is 929. The SMILES string of the molecule is C=C/C(=C\C=C(/C)C(C1=CC(C)C(NCCO)C=C1)c1ccc(N(C)C)cc1)N(CCO)CCO.CCO. The Morgan fingerprint density at radius 3 is 2.11 bits per heavy atom. The highest BCUT2D eigenvalue weighted by Crippen LogP contribution is 2.36. The van der Waals surface area contributed by atoms with Gasteiger partial charge in [-0.25, -0.2) is 0 Å². The van der Waals surface area contributed by atoms with Gasteiger partial charge in [0.15, 0.2) is 0 Å². The zero-order valence-corrected chi connectivity index (χ0v) is 23.8. The second-order valence-corrected chi connectivity index (χ2v) is 9.46. The van der Waals surface area contributed by atoms with Crippen LogP contribution >= 0.6 is 0 Å². The quantitative estimate of drug-likeness (QED) is 0.237. The molecule has 5 N–H and O–H groups in total. The lowest BCUT2D eigenvalue weighted by Gasteiger charge is -2.29. The summed E-state index contributed by atoms with van der Waals surface area (Å²) in [7, 11) is 4.08. The molecule has 2 rings (SSSR count). The van der Waals surface area contributed by atoms with Crippen molar-refractivity contribution in [2.75, 3.05) is 65.1 Å². The van der Waals surface area contributed by atoms with E-state index in [0.29, 0.717) is 25.6 Å². The first-order chi connectivity index (χ1) is 18.3. The first-order valence-electron chi connectivity index (χ1n) is 13.4. The number of benzene rings is 1. The molecule has 0 spiro atoms. The van der Waals surface area contributed by atoms with E-state index in [4.69, 9.17) is 5.11 Å². The molecule has 0 fully saturated rings. The lowest BCUT2D eigenvalue weighted by atomic mass is 9.80. The van der Waals surface area contributed by atoms with Gasteiger partial charge in [-0.3, -0.25) is 0 Å². The zero-order valence-electron chi connectivity index (χ0n) is 23.8. The minimum Gasteiger partial charge on any atom is -0.397 e. The summed E-state index contributed by atoms with van der Waals surface area (Å²) in [5.41, 5.74) is 5.65. The molecule has 7 heteroatoms. The van der Waals surface area contributed by atoms with Gasteiger partial charge in [0.05, 0.1) is 19.8 Å². The lowest BCUT2D eigenvalue weighted by molar-refractivity contribution is 0.192. The van der Waals surface area contributed by atoms with E-state index in [1.807, 2.05) is 25.1 Å². The normalized spacial score (nSPS) is 18.3. The summed E-state index contributed by atoms with van der Waals surface area (Å²) in [6.07, 6.45) is 12.6. The fraction of sp³-hybridized carbons (Fsp3) is 0.484. The van der Waals surface area contributed by atoms with Crippen molar-refractivity contribution >= 4 is 5.69 Å². The van der Waals surface area contributed by atoms with Crippen LogP contribution in [0, 0.1) is 5.92 Å². The highest BCUT2D eigenvalue weighted by Gasteiger charge is 2.23. The molecule has 0 bridgehead atoms. The van der Waals surface area contributed by atoms with Crippen molar-refractivity contribution in [1.82, 2.24) is 10.2 Å². The minimum absolute atomic E-state index is 0.00970. The summed E-state index contributed by atoms with van der Waals surface area (Å²) in [4.78, 5) is 4.02. The molecule has 1 aliphatic carbocycles. The average molecular weight is 528 g/mol. The first kappa shape index (κ1) is 33.3. The molecule has 0 amide bonds. The summed E-state index contributed by atoms with van der Waals surface area (Å²) < 4.78 is 0. The van der Waals surface area contributed by atoms with Gasteiger partial charge in [0, 0.05) is 63.7 Å². The highest BCUT2D eigenvalue weighted by atomic mass is 16.3. The summed E-state index contributed by atoms with van der Waals surface area (Å²) in [6.45, 7) is 11.8. The van der Waals surface area contributed by atoms with E-state index in [1.165, 1.54) is 16.7 Å². The van der Waals surface area contributed by atoms with Crippen molar-refractivity contribution in [2.24, 2.45) is 5.92 Å². The van der Waals surface area contributed by atoms with E-state index < -0.39 is 0 Å². The number of rotatable bonds is 14. The van der Waals surface area contributed by atoms with Crippen LogP contribution in [0.5, 0.6) is 0 Å². The van der Waals surface area contributed by atoms with Gasteiger partial charge >= 0.3 is 0 Å². The number of hydrogen-bond acceptors (Lipinski definition) is 7. The Hall–Kier alpha value is -2.68. The Labute approximate surface area is 229 Å². The third-order valence-electron chi connectivity index (χ3n) is 6.37. The van der Waals surface area contributed by atoms with Crippen molar-refractivity contribution in [1.29, 1.82) is 0 Å². The topological polar surface area (TPSA) is 99.4 Å². The van der Waals surface area contributed by atoms with Crippen molar-refractivity contribution in [2.45, 2.75) is 32.7 Å². The molecule has 0 aromatic heterocycles. The number of nitrogens with one attached hydrogen (secondary N) is 1. The van der Waals surface area contributed by atoms with Crippen molar-refractivity contribution < 1.29 is 20.4 Å². The average Bonchev–Trinajstić information content (AvgIpc) is 2.89. The Balaban J connectivity index is 0.00000229. The van der Waals surface area contributed by atoms with Crippen LogP contribution < -0.4 is 10.2 Å². The molecule has 3 atom stereocenters. The van der Waals surface area contributed by atoms with Crippen LogP contribution in [0.4, 0.5) is 5.69 Å². The molecule has 0 saturated carbocycles. The van der Waals surface area contributed by atoms with Gasteiger partial charge < -0.3 is 35.5 Å². The van der Waals surface area contributed by atoms with Gasteiger partial charge in [-0.15, -0.1) is 0 Å². The fourth-order valence-electron chi connectivity index (χ4n) is 4.44. The minimum atomic E-state index is 0.00970. The van der Waals surface area contributed by atoms with Crippen LogP contribution in [0.2, 0.25) is 0 Å². The molecule has 0 radical (unpaired) electrons. The molecular formula is C31H49N3O4. The smallest absolute Gasteiger partial charge is 0.0606 e. The number of aliphatic hydroxyl groups excluding tert-OH is 4. The van der Waals surface area contributed by atoms with Crippen LogP contribution in [-0.2, 0) is 0 Å². The second kappa shape index (κ2) is 18.6. The van der Waals surface area contributed by atoms with Gasteiger partial charge in [0.1, 0.15) is 0 Å². The Morgan fingerprint density at radius 2 is 1.63 bits per heavy atom. The molecule has 38 heavy (non-hydrogen) atoms. The van der Waals surface area contributed by atoms with Gasteiger partial charge in [-0.05, 0) is 55.2 Å². The highest BCUT2D eigenvalue weighted by molar-refractivity contribution is 5.51. The summed E-state index contributed by atoms with van der Waals surface area (Å²) >= 11 is 0. The number of anilines is 1. The maximum Gasteiger partial charge on any atom is 0.0606 e. The van der Waals surface area contributed by atoms with Crippen LogP contribution in [0.15, 0.2) is 84.1 Å². The molecule has 1 aromatic carbocycles. The molecule has 3 unspecified atom stereocenters. The maximum absolute atomic E-state index is 9.42. The van der Waals surface area contributed by atoms with Crippen molar-refractivity contribution in [3.05, 3.63) is 89.7 Å². The molecule has 0 aliphatic heterocycles. The zero-order chi connectivity index (χ0) is 28.5. The number of aliphatic hydroxyl groups is 4. The Kier molecular flexibility index (Phi) is 16.3. The summed E-state index contributed by atoms with van der Waals surface area (Å²) in [5.74, 6) is 0.372. The van der Waals surface area contributed by atoms with Crippen LogP contribution in [0.3, 0.4) is 0 Å². The molecule has 1 aliphatic rings. The fourth-order valence-corrected chi connectivity index (χ4v) is 4.44. The molecule has 1 aromatic rings. The van der Waals surface area contributed by atoms with E-state index >= 15 is 0 Å². The second-order valence-electron chi connectivity index (χ2n) is 9.46. The molecule has 212 valence electrons. The Morgan fingerprint density at radius 1 is 1.03 bits per heavy atom. The van der Waals surface area contributed by atoms with Gasteiger partial charge in [-0.1, -0.05) is 55.5 Å². The van der Waals surface area contributed by atoms with E-state index in [9.17, 15) is 15.3 Å². The van der Waals surface area contributed by atoms with Crippen LogP contribution in [0.25, 0.3) is 0 Å². The predicted octanol–water partition coefficient (Wildman–Crippen LogP) is 3.22. The van der Waals surface area contributed by atoms with Crippen LogP contribution in [-0.4, -0.2) is 91.5 Å². The third-order valence-corrected chi connectivity index (χ3v) is 6.37. The standard InChI is InChI=1S/C29H43N3O3.C2H6O/c1-6-26(32(16-19-34)17-20-35)11-7-22(2)29(24-8-12-27(13-9-24)31(4)5)25-10-14-28(23(3)21-25)30-15-18-33;1-2-3/h6-14,21,23,28-30,33-35H,1,15-20H2,2-5H3;3H,2H2,1H3/b22-7+,26-11+;. The monoisotopic (exact) mass is 527 g/mol. The number of allylic oxidation sites excluding steroid dienone is 6. The number of hydrogen-bond donors (Lipinski definition) is 5. The lowest BCUT2D eigenvalue weighted by Crippen LogP contribution is -2.36. The van der Waals surface area contributed by atoms with E-state index in [0.717, 1.165) is 11.4 Å². The van der Waals surface area contributed by atoms with Gasteiger partial charge in [0.2, 0.25) is 0 Å². The maximum atomic E-state index is 9.42. The van der Waals surface area contributed by atoms with Gasteiger partial charge in [-0.2, -0.15) is 0 Å². The van der Waals surface area contributed by atoms with Crippen LogP contribution in [0.1, 0.15) is 32.3 Å². The van der Waals surface area contributed by atoms with Gasteiger partial charge in [0.25, 0.3) is 0 Å². The third kappa shape index (κ3) is 10.6. The molecule has 0 heterocycles. The first-order valence-corrected chi connectivity index (χ1v) is 13.4. The van der Waals surface area contributed by atoms with Crippen molar-refractivity contribution in [3.8, 4) is 0 Å². The van der Waals surface area contributed by atoms with E-state index in [1.54, 1.807) is 13.0 Å². The molecular weight excluding hydrogens is 478 g/mol.